The van der Waals surface area contributed by atoms with Gasteiger partial charge in [-0.15, -0.1) is 10.2 Å². The Morgan fingerprint density at radius 1 is 0.487 bits per heavy atom. The molecule has 0 aliphatic carbocycles. The molecule has 0 unspecified atom stereocenters. The molecule has 5 aromatic rings. The van der Waals surface area contributed by atoms with Crippen molar-refractivity contribution in [3.8, 4) is 40.1 Å². The number of anilines is 1. The van der Waals surface area contributed by atoms with Crippen molar-refractivity contribution in [2.75, 3.05) is 162 Å². The predicted octanol–water partition coefficient (Wildman–Crippen LogP) is 1.92. The van der Waals surface area contributed by atoms with Crippen LogP contribution in [-0.4, -0.2) is 335 Å². The van der Waals surface area contributed by atoms with Crippen LogP contribution in [0.3, 0.4) is 0 Å². The summed E-state index contributed by atoms with van der Waals surface area (Å²) in [4.78, 5) is 159. The second-order valence-corrected chi connectivity index (χ2v) is 30.4. The Hall–Kier alpha value is -11.7. The van der Waals surface area contributed by atoms with Gasteiger partial charge in [0.05, 0.1) is 36.7 Å². The number of hydrogen-bond acceptors (Lipinski definition) is 25. The molecule has 3 aliphatic rings. The van der Waals surface area contributed by atoms with E-state index in [2.05, 4.69) is 46.6 Å². The summed E-state index contributed by atoms with van der Waals surface area (Å²) in [6.45, 7) is 14.6. The Morgan fingerprint density at radius 2 is 0.958 bits per heavy atom. The van der Waals surface area contributed by atoms with Crippen molar-refractivity contribution in [1.29, 1.82) is 10.8 Å². The van der Waals surface area contributed by atoms with E-state index in [1.165, 1.54) is 26.8 Å². The highest BCUT2D eigenvalue weighted by Crippen LogP contribution is 2.39. The molecule has 4 heterocycles. The van der Waals surface area contributed by atoms with Crippen LogP contribution in [0.1, 0.15) is 130 Å². The normalized spacial score (nSPS) is 15.7. The summed E-state index contributed by atoms with van der Waals surface area (Å²) in [7, 11) is 0. The number of carboxylic acids is 4. The number of carboxylic acid groups (broad SMARTS) is 4. The van der Waals surface area contributed by atoms with E-state index in [1.807, 2.05) is 52.0 Å². The highest BCUT2D eigenvalue weighted by Gasteiger charge is 2.34. The number of piperazine rings is 2. The lowest BCUT2D eigenvalue weighted by atomic mass is 9.98. The van der Waals surface area contributed by atoms with Crippen LogP contribution in [0.2, 0.25) is 0 Å². The number of aromatic hydroxyl groups is 4. The van der Waals surface area contributed by atoms with E-state index in [-0.39, 0.29) is 199 Å². The molecule has 2 atom stereocenters. The van der Waals surface area contributed by atoms with Crippen LogP contribution < -0.4 is 31.5 Å². The van der Waals surface area contributed by atoms with Crippen molar-refractivity contribution in [3.63, 3.8) is 0 Å². The van der Waals surface area contributed by atoms with Crippen LogP contribution in [0, 0.1) is 16.7 Å². The maximum atomic E-state index is 14.2. The zero-order valence-electron chi connectivity index (χ0n) is 68.3. The van der Waals surface area contributed by atoms with Gasteiger partial charge in [-0.3, -0.25) is 102 Å². The Balaban J connectivity index is 0.860. The van der Waals surface area contributed by atoms with Gasteiger partial charge in [-0.05, 0) is 97.2 Å². The van der Waals surface area contributed by atoms with Crippen LogP contribution in [0.15, 0.2) is 72.8 Å². The summed E-state index contributed by atoms with van der Waals surface area (Å²) in [6.07, 6.45) is -1.04. The molecule has 3 fully saturated rings. The molecular weight excluding hydrogens is 1540 g/mol. The fourth-order valence-corrected chi connectivity index (χ4v) is 14.5. The summed E-state index contributed by atoms with van der Waals surface area (Å²) >= 11 is 0. The quantitative estimate of drug-likeness (QED) is 0.0201. The molecule has 3 saturated heterocycles. The van der Waals surface area contributed by atoms with E-state index in [4.69, 9.17) is 10.8 Å². The number of nitrogens with one attached hydrogen (secondary N) is 7. The van der Waals surface area contributed by atoms with Crippen molar-refractivity contribution in [2.45, 2.75) is 111 Å². The van der Waals surface area contributed by atoms with E-state index in [9.17, 15) is 93.6 Å². The molecule has 4 aromatic carbocycles. The number of nitrogens with zero attached hydrogens (tertiary/aromatic N) is 12. The van der Waals surface area contributed by atoms with Crippen LogP contribution in [0.25, 0.3) is 17.1 Å². The highest BCUT2D eigenvalue weighted by atomic mass is 16.4. The monoisotopic (exact) mass is 1660 g/mol. The number of benzene rings is 4. The average molecular weight is 1660 g/mol. The van der Waals surface area contributed by atoms with Crippen LogP contribution in [0.5, 0.6) is 23.0 Å². The minimum Gasteiger partial charge on any atom is -0.508 e. The second-order valence-electron chi connectivity index (χ2n) is 30.4. The minimum absolute atomic E-state index is 0.000512. The predicted molar refractivity (Wildman–Crippen MR) is 437 cm³/mol. The van der Waals surface area contributed by atoms with Crippen molar-refractivity contribution in [2.24, 2.45) is 5.92 Å². The summed E-state index contributed by atoms with van der Waals surface area (Å²) in [5.41, 5.74) is 3.90. The van der Waals surface area contributed by atoms with Crippen LogP contribution in [-0.2, 0) is 61.0 Å². The molecule has 38 heteroatoms. The van der Waals surface area contributed by atoms with Gasteiger partial charge in [-0.1, -0.05) is 52.0 Å². The smallest absolute Gasteiger partial charge is 0.320 e. The summed E-state index contributed by atoms with van der Waals surface area (Å²) < 4.78 is 1.55. The van der Waals surface area contributed by atoms with Gasteiger partial charge in [0, 0.05) is 200 Å². The molecule has 3 aliphatic heterocycles. The van der Waals surface area contributed by atoms with E-state index in [1.54, 1.807) is 63.4 Å². The molecule has 0 bridgehead atoms. The summed E-state index contributed by atoms with van der Waals surface area (Å²) in [5, 5.41) is 123. The lowest BCUT2D eigenvalue weighted by Crippen LogP contribution is -2.52. The first-order valence-electron chi connectivity index (χ1n) is 40.1. The second kappa shape index (κ2) is 44.7. The largest absolute Gasteiger partial charge is 0.508 e. The maximum Gasteiger partial charge on any atom is 0.320 e. The minimum atomic E-state index is -1.33. The fraction of sp³-hybridized carbons (Fsp3) is 0.519. The standard InChI is InChI=1S/C81H113N19O19/c1-7-84-79(116)75(83)99(74(82)60-41-58(51(3)4)63(101)43-65(60)103)56-14-9-53(10-15-56)46-91-31-37-97(38-32-91)69(107)20-13-55(45-88-67(105)19-18-62(81(118)119)96-35-29-94(49-72(111)112)27-25-93(48-71(109)110)26-28-95(30-36-96)50-73(113)114)78(115)87-23-21-68(106)86-24-22-70(108)98-39-33-92(34-40-98)47-54-11-16-57(17-12-54)100-76(89-90-77(100)80(117)85-8-2)61-42-59(52(5)6)64(102)44-66(61)104/h9-12,14-17,41-44,51-52,55,62,82-83,101-104H,7-8,13,18-40,45-50H2,1-6H3,(H,84,116)(H,85,117)(H,86,106)(H,87,115)(H,88,105)(H,109,110)(H,111,112)(H,113,114)(H,118,119)/t55-,62+/m0/s1. The highest BCUT2D eigenvalue weighted by molar-refractivity contribution is 6.48. The van der Waals surface area contributed by atoms with Gasteiger partial charge < -0.3 is 77.2 Å². The number of aromatic nitrogens is 3. The third-order valence-corrected chi connectivity index (χ3v) is 21.1. The van der Waals surface area contributed by atoms with Gasteiger partial charge in [0.15, 0.2) is 11.7 Å². The number of likely N-dealkylation sites (N-methyl/N-ethyl adjacent to an activating group) is 1. The molecule has 119 heavy (non-hydrogen) atoms. The molecule has 15 N–H and O–H groups in total. The zero-order valence-corrected chi connectivity index (χ0v) is 68.3. The third kappa shape index (κ3) is 27.2. The zero-order chi connectivity index (χ0) is 86.7. The Bertz CT molecular complexity index is 4380. The molecule has 0 radical (unpaired) electrons. The average Bonchev–Trinajstić information content (AvgIpc) is 1.70. The number of amidine groups is 2. The SMILES string of the molecule is CCNC(=O)C(=N)N(C(=N)c1cc(C(C)C)c(O)cc1O)c1ccc(CN2CCN(C(=O)CC[C@@H](CNC(=O)CC[C@H](C(=O)O)N3CCN(CC(=O)O)CCN(CC(=O)O)CCN(CC(=O)O)CC3)C(=O)NCCC(=O)NCCC(=O)N3CCN(Cc4ccc(-n5c(C(=O)NCC)nnc5-c5cc(C(C)C)c(O)cc5O)cc4)CC3)CC2)cc1. The topological polar surface area (TPSA) is 517 Å². The van der Waals surface area contributed by atoms with Crippen LogP contribution >= 0.6 is 0 Å². The summed E-state index contributed by atoms with van der Waals surface area (Å²) in [5.74, 6) is -11.2. The molecule has 8 rings (SSSR count). The molecule has 1 aromatic heterocycles. The van der Waals surface area contributed by atoms with E-state index in [0.29, 0.717) is 88.8 Å². The van der Waals surface area contributed by atoms with Crippen molar-refractivity contribution >= 4 is 82.6 Å². The van der Waals surface area contributed by atoms with E-state index >= 15 is 0 Å². The number of amides is 7. The van der Waals surface area contributed by atoms with Gasteiger partial charge in [0.1, 0.15) is 34.9 Å². The summed E-state index contributed by atoms with van der Waals surface area (Å²) in [6, 6.07) is 18.4. The number of aliphatic carboxylic acids is 4. The van der Waals surface area contributed by atoms with Gasteiger partial charge in [0.2, 0.25) is 35.4 Å². The van der Waals surface area contributed by atoms with Gasteiger partial charge in [-0.2, -0.15) is 0 Å². The van der Waals surface area contributed by atoms with E-state index in [0.717, 1.165) is 22.1 Å². The number of carbonyl (C=O) groups is 11. The lowest BCUT2D eigenvalue weighted by Gasteiger charge is -2.35. The van der Waals surface area contributed by atoms with Gasteiger partial charge in [0.25, 0.3) is 11.8 Å². The first-order valence-corrected chi connectivity index (χ1v) is 40.1. The fourth-order valence-electron chi connectivity index (χ4n) is 14.5. The number of carbonyl (C=O) groups excluding carboxylic acids is 7. The first-order chi connectivity index (χ1) is 56.7. The molecule has 7 amide bonds. The number of rotatable bonds is 36. The third-order valence-electron chi connectivity index (χ3n) is 21.1. The molecule has 0 spiro atoms. The maximum absolute atomic E-state index is 14.2. The first kappa shape index (κ1) is 92.8. The van der Waals surface area contributed by atoms with E-state index < -0.39 is 90.0 Å². The van der Waals surface area contributed by atoms with Crippen molar-refractivity contribution in [3.05, 3.63) is 106 Å². The number of phenolic OH excluding ortho intramolecular Hbond substituents is 4. The lowest BCUT2D eigenvalue weighted by molar-refractivity contribution is -0.145. The number of hydrogen-bond donors (Lipinski definition) is 15. The van der Waals surface area contributed by atoms with Gasteiger partial charge in [-0.25, -0.2) is 0 Å². The van der Waals surface area contributed by atoms with Gasteiger partial charge >= 0.3 is 23.9 Å². The Kier molecular flexibility index (Phi) is 34.9. The van der Waals surface area contributed by atoms with Crippen molar-refractivity contribution < 1.29 is 93.6 Å². The Labute approximate surface area is 690 Å². The molecule has 0 saturated carbocycles. The molecule has 38 nitrogen and oxygen atoms in total. The Morgan fingerprint density at radius 3 is 1.46 bits per heavy atom. The number of phenols is 4. The molecular formula is C81H113N19O19. The molecule has 646 valence electrons. The van der Waals surface area contributed by atoms with Crippen molar-refractivity contribution in [1.82, 2.24) is 80.5 Å². The van der Waals surface area contributed by atoms with Crippen LogP contribution in [0.4, 0.5) is 5.69 Å².